The summed E-state index contributed by atoms with van der Waals surface area (Å²) >= 11 is 0. The first-order valence-corrected chi connectivity index (χ1v) is 30.5. The quantitative estimate of drug-likeness (QED) is 0.0157. The number of oxime groups is 4. The molecular formula is C56H83N14NaO25S. The van der Waals surface area contributed by atoms with Crippen LogP contribution >= 0.6 is 0 Å². The zero-order valence-corrected chi connectivity index (χ0v) is 55.9. The first-order chi connectivity index (χ1) is 44.6. The van der Waals surface area contributed by atoms with Crippen LogP contribution in [0.1, 0.15) is 93.9 Å². The van der Waals surface area contributed by atoms with Crippen molar-refractivity contribution in [2.24, 2.45) is 32.1 Å². The van der Waals surface area contributed by atoms with Crippen LogP contribution in [0.3, 0.4) is 0 Å². The molecule has 0 saturated carbocycles. The molecule has 97 heavy (non-hydrogen) atoms. The molecule has 41 heteroatoms. The number of esters is 1. The normalized spacial score (nSPS) is 24.1. The Hall–Kier alpha value is -8.51. The topological polar surface area (TPSA) is 493 Å². The minimum absolute atomic E-state index is 0. The molecule has 8 aliphatic rings. The van der Waals surface area contributed by atoms with Crippen molar-refractivity contribution in [1.82, 2.24) is 39.9 Å². The van der Waals surface area contributed by atoms with Gasteiger partial charge in [-0.1, -0.05) is 81.4 Å². The third-order valence-electron chi connectivity index (χ3n) is 14.8. The molecular weight excluding hydrogens is 1320 g/mol. The molecule has 8 bridgehead atoms. The standard InChI is InChI=1S/C15H21N3O6.C14H20N4O5.C14H19N3O6.C11H16N4O8S.2CH4.Na/c1-4-6-24-18-13-8-17(15(18)21)12(14(20)22-3)7-11(13)16-23-9-10(19)5-2;1-3-5-23-18-12-7-17(14(18)21)11(13(15)20)6-10(12)16-22-8-9(19)4-2;1-3-5-23-17-12-7-16(14(17)21)11(13(19)20)6-10(12)15-22-8-9(18)4-2;1-2-6(16)5-22-13-7-3-8(10(12)17)14-4-9(7)15(11(14)18)23-24(19,20)21;;;/h4,12-13H,1,5-9H2,2-3H3;3,11-12H,1,4-8H2,2H3,(H2,15,20);3,11-12H,1,4-8H2,2H3,(H,19,20);8-9H,2-5H2,1H3,(H2,12,17)(H,19,20,21);2*1H4;/q;;;;;;+1/p-1/t12-,13-;2*11-,12-;8-,9-;;;/m0000.../s1. The van der Waals surface area contributed by atoms with Crippen LogP contribution in [-0.4, -0.2) is 280 Å². The van der Waals surface area contributed by atoms with Crippen LogP contribution in [-0.2, 0) is 91.6 Å². The van der Waals surface area contributed by atoms with Crippen LogP contribution in [0.2, 0.25) is 0 Å². The van der Waals surface area contributed by atoms with E-state index in [-0.39, 0.29) is 178 Å². The van der Waals surface area contributed by atoms with E-state index in [9.17, 15) is 75.6 Å². The van der Waals surface area contributed by atoms with E-state index >= 15 is 0 Å². The van der Waals surface area contributed by atoms with Gasteiger partial charge in [0.25, 0.3) is 0 Å². The molecule has 0 aromatic carbocycles. The van der Waals surface area contributed by atoms with Crippen LogP contribution in [0.5, 0.6) is 0 Å². The summed E-state index contributed by atoms with van der Waals surface area (Å²) in [5, 5.41) is 28.5. The second-order valence-electron chi connectivity index (χ2n) is 20.9. The zero-order chi connectivity index (χ0) is 69.7. The number of hydroxylamine groups is 8. The first-order valence-electron chi connectivity index (χ1n) is 29.1. The summed E-state index contributed by atoms with van der Waals surface area (Å²) in [4.78, 5) is 182. The van der Waals surface area contributed by atoms with Crippen LogP contribution in [0.4, 0.5) is 19.2 Å². The van der Waals surface area contributed by atoms with Crippen molar-refractivity contribution in [1.29, 1.82) is 0 Å². The van der Waals surface area contributed by atoms with Gasteiger partial charge < -0.3 is 64.8 Å². The largest absolute Gasteiger partial charge is 1.00 e. The molecule has 8 atom stereocenters. The maximum Gasteiger partial charge on any atom is 1.00 e. The number of fused-ring (bicyclic) bond motifs is 8. The fraction of sp³-hybridized carbons (Fsp3) is 0.607. The molecule has 0 aliphatic carbocycles. The monoisotopic (exact) mass is 1410 g/mol. The third-order valence-corrected chi connectivity index (χ3v) is 15.1. The molecule has 8 saturated heterocycles. The molecule has 8 rings (SSSR count). The number of piperidine rings is 4. The van der Waals surface area contributed by atoms with Gasteiger partial charge in [0.15, 0.2) is 49.6 Å². The molecule has 10 amide bonds. The molecule has 0 unspecified atom stereocenters. The summed E-state index contributed by atoms with van der Waals surface area (Å²) < 4.78 is 41.3. The molecule has 0 radical (unpaired) electrons. The number of hydrogen-bond donors (Lipinski definition) is 3. The van der Waals surface area contributed by atoms with E-state index in [1.165, 1.54) is 40.0 Å². The van der Waals surface area contributed by atoms with Gasteiger partial charge in [0.05, 0.1) is 76.0 Å². The number of amides is 10. The van der Waals surface area contributed by atoms with Gasteiger partial charge in [-0.25, -0.2) is 37.2 Å². The number of carbonyl (C=O) groups excluding carboxylic acids is 11. The molecule has 8 fully saturated rings. The van der Waals surface area contributed by atoms with Crippen molar-refractivity contribution in [2.75, 3.05) is 79.5 Å². The van der Waals surface area contributed by atoms with Gasteiger partial charge in [-0.05, 0) is 0 Å². The van der Waals surface area contributed by atoms with Crippen molar-refractivity contribution in [3.63, 3.8) is 0 Å². The van der Waals surface area contributed by atoms with E-state index in [4.69, 9.17) is 50.1 Å². The minimum atomic E-state index is -5.22. The van der Waals surface area contributed by atoms with Gasteiger partial charge in [-0.15, -0.1) is 19.7 Å². The average molecular weight is 1410 g/mol. The van der Waals surface area contributed by atoms with Crippen molar-refractivity contribution in [3.8, 4) is 0 Å². The Morgan fingerprint density at radius 2 is 0.763 bits per heavy atom. The Labute approximate surface area is 581 Å². The smallest absolute Gasteiger partial charge is 0.724 e. The molecule has 0 aromatic heterocycles. The number of methoxy groups -OCH3 is 1. The van der Waals surface area contributed by atoms with E-state index in [0.717, 1.165) is 20.1 Å². The summed E-state index contributed by atoms with van der Waals surface area (Å²) in [6.45, 7) is 17.4. The Balaban J connectivity index is 0.000000436. The summed E-state index contributed by atoms with van der Waals surface area (Å²) in [5.41, 5.74) is 11.9. The number of urea groups is 4. The number of hydrogen-bond acceptors (Lipinski definition) is 28. The molecule has 8 aliphatic heterocycles. The number of aliphatic carboxylic acids is 1. The predicted molar refractivity (Wildman–Crippen MR) is 330 cm³/mol. The zero-order valence-electron chi connectivity index (χ0n) is 53.1. The molecule has 39 nitrogen and oxygen atoms in total. The van der Waals surface area contributed by atoms with Crippen molar-refractivity contribution >= 4 is 104 Å². The van der Waals surface area contributed by atoms with Gasteiger partial charge in [0, 0.05) is 51.4 Å². The van der Waals surface area contributed by atoms with Crippen LogP contribution in [0.15, 0.2) is 58.6 Å². The van der Waals surface area contributed by atoms with Crippen molar-refractivity contribution in [3.05, 3.63) is 38.0 Å². The first kappa shape index (κ1) is 84.6. The summed E-state index contributed by atoms with van der Waals surface area (Å²) in [7, 11) is -3.96. The maximum atomic E-state index is 12.4. The number of ketones is 4. The van der Waals surface area contributed by atoms with Crippen molar-refractivity contribution < 1.29 is 148 Å². The summed E-state index contributed by atoms with van der Waals surface area (Å²) in [6.07, 6.45) is 5.95. The van der Waals surface area contributed by atoms with Gasteiger partial charge in [-0.3, -0.25) is 43.3 Å². The average Bonchev–Trinajstić information content (AvgIpc) is 1.65. The van der Waals surface area contributed by atoms with Crippen LogP contribution in [0.25, 0.3) is 0 Å². The fourth-order valence-electron chi connectivity index (χ4n) is 9.82. The number of primary amides is 2. The second kappa shape index (κ2) is 39.6. The summed E-state index contributed by atoms with van der Waals surface area (Å²) in [5.74, 6) is -3.68. The van der Waals surface area contributed by atoms with E-state index in [0.29, 0.717) is 41.5 Å². The Bertz CT molecular complexity index is 3080. The molecule has 8 heterocycles. The molecule has 5 N–H and O–H groups in total. The number of ether oxygens (including phenoxy) is 1. The van der Waals surface area contributed by atoms with Gasteiger partial charge in [0.2, 0.25) is 22.2 Å². The second-order valence-corrected chi connectivity index (χ2v) is 21.8. The van der Waals surface area contributed by atoms with Crippen molar-refractivity contribution in [2.45, 2.75) is 142 Å². The van der Waals surface area contributed by atoms with Crippen LogP contribution < -0.4 is 41.0 Å². The van der Waals surface area contributed by atoms with E-state index < -0.39 is 107 Å². The maximum absolute atomic E-state index is 12.4. The number of carboxylic acid groups (broad SMARTS) is 1. The van der Waals surface area contributed by atoms with E-state index in [2.05, 4.69) is 44.6 Å². The Morgan fingerprint density at radius 1 is 0.505 bits per heavy atom. The van der Waals surface area contributed by atoms with Gasteiger partial charge in [0.1, 0.15) is 48.3 Å². The van der Waals surface area contributed by atoms with Crippen LogP contribution in [0, 0.1) is 0 Å². The molecule has 534 valence electrons. The minimum Gasteiger partial charge on any atom is -0.724 e. The number of carbonyl (C=O) groups is 12. The number of nitrogens with two attached hydrogens (primary N) is 2. The fourth-order valence-corrected chi connectivity index (χ4v) is 10.2. The SMILES string of the molecule is C.C.C=CCON1C(=O)N2C[C@H]1C(=NOCC(=O)CC)C[C@H]2C(=O)O.C=CCON1C(=O)N2C[C@H]1C(=NOCC(=O)CC)C[C@H]2C(=O)OC.C=CCON1C(=O)N2C[C@H]1C(=NOCC(=O)CC)C[C@H]2C(N)=O.CCC(=O)CON=C1C[C@@H](C(N)=O)N2C[C@@H]1N(OS(=O)(=O)[O-])C2=O.[Na+]. The third kappa shape index (κ3) is 22.0. The molecule has 0 spiro atoms. The Kier molecular flexibility index (Phi) is 34.6. The Morgan fingerprint density at radius 3 is 1.02 bits per heavy atom. The van der Waals surface area contributed by atoms with Gasteiger partial charge in [-0.2, -0.15) is 24.5 Å². The van der Waals surface area contributed by atoms with E-state index in [1.807, 2.05) is 0 Å². The number of Topliss-reactive ketones (excluding diaryl/α,β-unsaturated/α-hetero) is 4. The number of carboxylic acids is 1. The number of nitrogens with zero attached hydrogens (tertiary/aromatic N) is 12. The number of rotatable bonds is 31. The molecule has 0 aromatic rings. The van der Waals surface area contributed by atoms with Gasteiger partial charge >= 0.3 is 65.6 Å². The summed E-state index contributed by atoms with van der Waals surface area (Å²) in [6, 6.07) is -8.67. The predicted octanol–water partition coefficient (Wildman–Crippen LogP) is -2.88. The van der Waals surface area contributed by atoms with E-state index in [1.54, 1.807) is 27.7 Å².